The second kappa shape index (κ2) is 12.3. The Morgan fingerprint density at radius 1 is 1.00 bits per heavy atom. The van der Waals surface area contributed by atoms with E-state index in [0.717, 1.165) is 23.5 Å². The fourth-order valence-corrected chi connectivity index (χ4v) is 4.89. The molecule has 13 heteroatoms. The number of nitrogens with one attached hydrogen (secondary N) is 2. The van der Waals surface area contributed by atoms with Gasteiger partial charge >= 0.3 is 6.18 Å². The van der Waals surface area contributed by atoms with Crippen LogP contribution in [-0.4, -0.2) is 30.1 Å². The van der Waals surface area contributed by atoms with E-state index in [1.54, 1.807) is 30.1 Å². The highest BCUT2D eigenvalue weighted by Gasteiger charge is 2.32. The van der Waals surface area contributed by atoms with Crippen molar-refractivity contribution in [3.05, 3.63) is 125 Å². The van der Waals surface area contributed by atoms with Crippen LogP contribution in [0.25, 0.3) is 5.65 Å². The summed E-state index contributed by atoms with van der Waals surface area (Å²) in [5.41, 5.74) is 2.91. The Morgan fingerprint density at radius 2 is 1.80 bits per heavy atom. The van der Waals surface area contributed by atoms with Crippen molar-refractivity contribution in [3.8, 4) is 23.3 Å². The van der Waals surface area contributed by atoms with Crippen LogP contribution in [0.3, 0.4) is 0 Å². The van der Waals surface area contributed by atoms with Crippen molar-refractivity contribution in [2.24, 2.45) is 7.05 Å². The number of imidazole rings is 1. The predicted octanol–water partition coefficient (Wildman–Crippen LogP) is 7.63. The van der Waals surface area contributed by atoms with Crippen molar-refractivity contribution in [2.45, 2.75) is 13.1 Å². The van der Waals surface area contributed by atoms with Crippen LogP contribution in [-0.2, 0) is 13.2 Å². The lowest BCUT2D eigenvalue weighted by Crippen LogP contribution is -2.14. The highest BCUT2D eigenvalue weighted by atomic mass is 35.5. The molecule has 2 aromatic carbocycles. The summed E-state index contributed by atoms with van der Waals surface area (Å²) < 4.78 is 50.2. The summed E-state index contributed by atoms with van der Waals surface area (Å²) in [7, 11) is 1.82. The Bertz CT molecular complexity index is 2150. The molecule has 4 aromatic heterocycles. The van der Waals surface area contributed by atoms with E-state index in [4.69, 9.17) is 16.3 Å². The molecule has 0 bridgehead atoms. The minimum absolute atomic E-state index is 0.0340. The van der Waals surface area contributed by atoms with Crippen molar-refractivity contribution < 1.29 is 22.7 Å². The zero-order valence-corrected chi connectivity index (χ0v) is 25.0. The van der Waals surface area contributed by atoms with Gasteiger partial charge in [-0.3, -0.25) is 18.9 Å². The van der Waals surface area contributed by atoms with Gasteiger partial charge in [0.2, 0.25) is 0 Å². The highest BCUT2D eigenvalue weighted by molar-refractivity contribution is 6.34. The number of aryl methyl sites for hydroxylation is 2. The summed E-state index contributed by atoms with van der Waals surface area (Å²) in [5.74, 6) is 5.61. The lowest BCUT2D eigenvalue weighted by atomic mass is 10.0. The van der Waals surface area contributed by atoms with Gasteiger partial charge in [-0.05, 0) is 66.9 Å². The summed E-state index contributed by atoms with van der Waals surface area (Å²) in [6, 6.07) is 12.8. The number of aromatic nitrogens is 5. The maximum atomic E-state index is 13.7. The zero-order chi connectivity index (χ0) is 32.4. The molecule has 0 aliphatic carbocycles. The molecule has 9 nitrogen and oxygen atoms in total. The fraction of sp³-hybridized carbons (Fsp3) is 0.0909. The van der Waals surface area contributed by atoms with Crippen LogP contribution in [0.4, 0.5) is 30.2 Å². The number of benzene rings is 2. The van der Waals surface area contributed by atoms with E-state index in [9.17, 15) is 18.0 Å². The average molecular weight is 642 g/mol. The number of rotatable bonds is 6. The minimum Gasteiger partial charge on any atom is -0.457 e. The molecule has 2 N–H and O–H groups in total. The Hall–Kier alpha value is -5.80. The fourth-order valence-electron chi connectivity index (χ4n) is 4.59. The molecule has 6 rings (SSSR count). The highest BCUT2D eigenvalue weighted by Crippen LogP contribution is 2.36. The van der Waals surface area contributed by atoms with Crippen LogP contribution in [0.15, 0.2) is 91.8 Å². The summed E-state index contributed by atoms with van der Waals surface area (Å²) >= 11 is 6.42. The molecule has 46 heavy (non-hydrogen) atoms. The Kier molecular flexibility index (Phi) is 8.08. The van der Waals surface area contributed by atoms with Crippen LogP contribution in [0.5, 0.6) is 11.5 Å². The van der Waals surface area contributed by atoms with Crippen LogP contribution in [0.1, 0.15) is 32.7 Å². The first-order valence-corrected chi connectivity index (χ1v) is 14.1. The predicted molar refractivity (Wildman–Crippen MR) is 168 cm³/mol. The number of carbonyl (C=O) groups excluding carboxylic acids is 1. The SMILES string of the molecule is Cc1cc(Cl)c(C(=O)Nc2cc(Oc3ccncc3)cc(C(F)(F)F)c2)cc1C#Cc1cnc2c(Nc3cnn(C)c3)cccn12. The van der Waals surface area contributed by atoms with E-state index < -0.39 is 17.6 Å². The van der Waals surface area contributed by atoms with Crippen LogP contribution >= 0.6 is 11.6 Å². The molecule has 0 unspecified atom stereocenters. The second-order valence-corrected chi connectivity index (χ2v) is 10.6. The van der Waals surface area contributed by atoms with E-state index in [1.807, 2.05) is 36.0 Å². The number of halogens is 4. The third-order valence-corrected chi connectivity index (χ3v) is 7.09. The second-order valence-electron chi connectivity index (χ2n) is 10.2. The topological polar surface area (TPSA) is 98.4 Å². The summed E-state index contributed by atoms with van der Waals surface area (Å²) in [6.45, 7) is 1.79. The summed E-state index contributed by atoms with van der Waals surface area (Å²) in [5, 5.41) is 10.1. The Labute approximate surface area is 265 Å². The third-order valence-electron chi connectivity index (χ3n) is 6.78. The number of alkyl halides is 3. The van der Waals surface area contributed by atoms with Crippen molar-refractivity contribution in [2.75, 3.05) is 10.6 Å². The van der Waals surface area contributed by atoms with Gasteiger partial charge in [0.1, 0.15) is 17.2 Å². The van der Waals surface area contributed by atoms with Crippen LogP contribution < -0.4 is 15.4 Å². The first kappa shape index (κ1) is 30.2. The molecule has 0 spiro atoms. The zero-order valence-electron chi connectivity index (χ0n) is 24.2. The molecule has 6 aromatic rings. The van der Waals surface area contributed by atoms with E-state index in [-0.39, 0.29) is 27.8 Å². The third kappa shape index (κ3) is 6.64. The molecule has 0 saturated heterocycles. The first-order valence-electron chi connectivity index (χ1n) is 13.7. The van der Waals surface area contributed by atoms with Gasteiger partial charge in [0.05, 0.1) is 39.9 Å². The quantitative estimate of drug-likeness (QED) is 0.182. The molecule has 0 atom stereocenters. The van der Waals surface area contributed by atoms with Gasteiger partial charge < -0.3 is 15.4 Å². The monoisotopic (exact) mass is 641 g/mol. The lowest BCUT2D eigenvalue weighted by molar-refractivity contribution is -0.137. The maximum absolute atomic E-state index is 13.7. The van der Waals surface area contributed by atoms with Gasteiger partial charge in [0.15, 0.2) is 5.65 Å². The van der Waals surface area contributed by atoms with Crippen molar-refractivity contribution in [1.82, 2.24) is 24.1 Å². The average Bonchev–Trinajstić information content (AvgIpc) is 3.62. The van der Waals surface area contributed by atoms with Crippen LogP contribution in [0.2, 0.25) is 5.02 Å². The standard InChI is InChI=1S/C33H23ClF3N7O2/c1-20-12-29(34)28(32(45)42-23-14-22(33(35,36)37)15-27(16-23)46-26-7-9-38-10-8-26)13-21(20)5-6-25-18-39-31-30(4-3-11-44(25)31)41-24-17-40-43(2)19-24/h3-4,7-19,41H,1-2H3,(H,42,45). The molecule has 0 radical (unpaired) electrons. The number of hydrogen-bond donors (Lipinski definition) is 2. The molecule has 1 amide bonds. The van der Waals surface area contributed by atoms with Crippen molar-refractivity contribution in [3.63, 3.8) is 0 Å². The van der Waals surface area contributed by atoms with Crippen molar-refractivity contribution >= 4 is 40.2 Å². The smallest absolute Gasteiger partial charge is 0.416 e. The van der Waals surface area contributed by atoms with E-state index in [1.165, 1.54) is 36.7 Å². The van der Waals surface area contributed by atoms with Gasteiger partial charge in [-0.25, -0.2) is 4.98 Å². The first-order chi connectivity index (χ1) is 22.0. The van der Waals surface area contributed by atoms with Crippen molar-refractivity contribution in [1.29, 1.82) is 0 Å². The number of carbonyl (C=O) groups is 1. The number of amides is 1. The molecule has 4 heterocycles. The molecular formula is C33H23ClF3N7O2. The largest absolute Gasteiger partial charge is 0.457 e. The van der Waals surface area contributed by atoms with E-state index in [0.29, 0.717) is 22.5 Å². The number of pyridine rings is 2. The Morgan fingerprint density at radius 3 is 2.54 bits per heavy atom. The number of hydrogen-bond acceptors (Lipinski definition) is 6. The van der Waals surface area contributed by atoms with E-state index >= 15 is 0 Å². The summed E-state index contributed by atoms with van der Waals surface area (Å²) in [4.78, 5) is 21.7. The number of fused-ring (bicyclic) bond motifs is 1. The molecule has 230 valence electrons. The Balaban J connectivity index is 1.27. The molecular weight excluding hydrogens is 619 g/mol. The summed E-state index contributed by atoms with van der Waals surface area (Å²) in [6.07, 6.45) is 5.21. The molecule has 0 fully saturated rings. The van der Waals surface area contributed by atoms with Crippen LogP contribution in [0, 0.1) is 18.8 Å². The van der Waals surface area contributed by atoms with Gasteiger partial charge in [-0.1, -0.05) is 17.5 Å². The van der Waals surface area contributed by atoms with Gasteiger partial charge in [-0.2, -0.15) is 18.3 Å². The maximum Gasteiger partial charge on any atom is 0.416 e. The lowest BCUT2D eigenvalue weighted by Gasteiger charge is -2.14. The molecule has 0 aliphatic rings. The van der Waals surface area contributed by atoms with Gasteiger partial charge in [0.25, 0.3) is 5.91 Å². The van der Waals surface area contributed by atoms with E-state index in [2.05, 4.69) is 37.5 Å². The number of ether oxygens (including phenoxy) is 1. The molecule has 0 aliphatic heterocycles. The minimum atomic E-state index is -4.69. The normalized spacial score (nSPS) is 11.2. The number of nitrogens with zero attached hydrogens (tertiary/aromatic N) is 5. The van der Waals surface area contributed by atoms with Gasteiger partial charge in [-0.15, -0.1) is 0 Å². The molecule has 0 saturated carbocycles. The number of anilines is 3. The van der Waals surface area contributed by atoms with Gasteiger partial charge in [0, 0.05) is 49.2 Å².